The lowest BCUT2D eigenvalue weighted by atomic mass is 10.3. The molecule has 66 valence electrons. The molecule has 0 fully saturated rings. The number of benzene rings is 1. The van der Waals surface area contributed by atoms with Crippen molar-refractivity contribution in [3.8, 4) is 5.69 Å². The van der Waals surface area contributed by atoms with E-state index in [4.69, 9.17) is 5.73 Å². The molecule has 2 N–H and O–H groups in total. The first-order valence-electron chi connectivity index (χ1n) is 3.83. The van der Waals surface area contributed by atoms with Gasteiger partial charge in [-0.25, -0.2) is 9.07 Å². The highest BCUT2D eigenvalue weighted by molar-refractivity contribution is 5.41. The maximum absolute atomic E-state index is 12.8. The largest absolute Gasteiger partial charge is 0.381 e. The molecule has 4 heteroatoms. The minimum atomic E-state index is -0.496. The Morgan fingerprint density at radius 1 is 1.23 bits per heavy atom. The highest BCUT2D eigenvalue weighted by atomic mass is 19.1. The van der Waals surface area contributed by atoms with Crippen molar-refractivity contribution in [3.63, 3.8) is 0 Å². The number of aromatic nitrogens is 2. The fourth-order valence-corrected chi connectivity index (χ4v) is 1.11. The average molecular weight is 177 g/mol. The van der Waals surface area contributed by atoms with Gasteiger partial charge in [0.25, 0.3) is 0 Å². The van der Waals surface area contributed by atoms with E-state index in [-0.39, 0.29) is 5.82 Å². The van der Waals surface area contributed by atoms with Crippen molar-refractivity contribution in [1.82, 2.24) is 9.78 Å². The lowest BCUT2D eigenvalue weighted by molar-refractivity contribution is 0.632. The second kappa shape index (κ2) is 2.90. The van der Waals surface area contributed by atoms with Gasteiger partial charge in [0.15, 0.2) is 11.6 Å². The third kappa shape index (κ3) is 1.26. The summed E-state index contributed by atoms with van der Waals surface area (Å²) in [4.78, 5) is 0. The van der Waals surface area contributed by atoms with Crippen molar-refractivity contribution in [2.75, 3.05) is 5.73 Å². The van der Waals surface area contributed by atoms with Crippen molar-refractivity contribution in [1.29, 1.82) is 0 Å². The first kappa shape index (κ1) is 7.79. The SMILES string of the molecule is Nc1c(F)cnn1-c1ccccc1. The Kier molecular flexibility index (Phi) is 1.73. The van der Waals surface area contributed by atoms with Crippen LogP contribution in [0.4, 0.5) is 10.2 Å². The van der Waals surface area contributed by atoms with Gasteiger partial charge in [-0.15, -0.1) is 0 Å². The maximum Gasteiger partial charge on any atom is 0.185 e. The molecule has 0 atom stereocenters. The summed E-state index contributed by atoms with van der Waals surface area (Å²) in [5.41, 5.74) is 6.21. The second-order valence-corrected chi connectivity index (χ2v) is 2.63. The molecule has 0 aliphatic rings. The van der Waals surface area contributed by atoms with Crippen LogP contribution in [-0.4, -0.2) is 9.78 Å². The summed E-state index contributed by atoms with van der Waals surface area (Å²) in [5.74, 6) is -0.463. The molecule has 3 nitrogen and oxygen atoms in total. The number of halogens is 1. The van der Waals surface area contributed by atoms with Crippen molar-refractivity contribution < 1.29 is 4.39 Å². The van der Waals surface area contributed by atoms with Crippen LogP contribution in [0.3, 0.4) is 0 Å². The number of para-hydroxylation sites is 1. The van der Waals surface area contributed by atoms with Crippen LogP contribution in [0.2, 0.25) is 0 Å². The van der Waals surface area contributed by atoms with E-state index >= 15 is 0 Å². The molecule has 0 spiro atoms. The lowest BCUT2D eigenvalue weighted by Gasteiger charge is -2.01. The minimum Gasteiger partial charge on any atom is -0.381 e. The van der Waals surface area contributed by atoms with Crippen LogP contribution < -0.4 is 5.73 Å². The Labute approximate surface area is 74.6 Å². The minimum absolute atomic E-state index is 0.0335. The summed E-state index contributed by atoms with van der Waals surface area (Å²) >= 11 is 0. The van der Waals surface area contributed by atoms with E-state index in [1.165, 1.54) is 4.68 Å². The Morgan fingerprint density at radius 3 is 2.46 bits per heavy atom. The summed E-state index contributed by atoms with van der Waals surface area (Å²) in [6, 6.07) is 9.17. The molecular formula is C9H8FN3. The number of nitrogens with two attached hydrogens (primary N) is 1. The monoisotopic (exact) mass is 177 g/mol. The molecule has 2 aromatic rings. The zero-order chi connectivity index (χ0) is 9.26. The lowest BCUT2D eigenvalue weighted by Crippen LogP contribution is -2.01. The number of nitrogens with zero attached hydrogens (tertiary/aromatic N) is 2. The van der Waals surface area contributed by atoms with E-state index in [0.29, 0.717) is 0 Å². The van der Waals surface area contributed by atoms with Crippen LogP contribution in [0.5, 0.6) is 0 Å². The van der Waals surface area contributed by atoms with Gasteiger partial charge >= 0.3 is 0 Å². The third-order valence-electron chi connectivity index (χ3n) is 1.76. The first-order chi connectivity index (χ1) is 6.29. The van der Waals surface area contributed by atoms with Gasteiger partial charge in [0.1, 0.15) is 0 Å². The Bertz CT molecular complexity index is 408. The van der Waals surface area contributed by atoms with E-state index < -0.39 is 5.82 Å². The van der Waals surface area contributed by atoms with Crippen molar-refractivity contribution >= 4 is 5.82 Å². The van der Waals surface area contributed by atoms with Crippen LogP contribution in [0.15, 0.2) is 36.5 Å². The first-order valence-corrected chi connectivity index (χ1v) is 3.83. The normalized spacial score (nSPS) is 10.2. The summed E-state index contributed by atoms with van der Waals surface area (Å²) in [6.45, 7) is 0. The van der Waals surface area contributed by atoms with E-state index in [0.717, 1.165) is 11.9 Å². The molecular weight excluding hydrogens is 169 g/mol. The molecule has 0 aliphatic carbocycles. The number of hydrogen-bond donors (Lipinski definition) is 1. The second-order valence-electron chi connectivity index (χ2n) is 2.63. The average Bonchev–Trinajstić information content (AvgIpc) is 2.49. The molecule has 1 heterocycles. The molecule has 0 bridgehead atoms. The molecule has 0 saturated heterocycles. The molecule has 0 radical (unpaired) electrons. The highest BCUT2D eigenvalue weighted by Crippen LogP contribution is 2.14. The fraction of sp³-hybridized carbons (Fsp3) is 0. The standard InChI is InChI=1S/C9H8FN3/c10-8-6-12-13(9(8)11)7-4-2-1-3-5-7/h1-6H,11H2. The predicted molar refractivity (Wildman–Crippen MR) is 47.9 cm³/mol. The van der Waals surface area contributed by atoms with Gasteiger partial charge < -0.3 is 5.73 Å². The quantitative estimate of drug-likeness (QED) is 0.718. The molecule has 1 aromatic carbocycles. The summed E-state index contributed by atoms with van der Waals surface area (Å²) in [6.07, 6.45) is 1.10. The number of hydrogen-bond acceptors (Lipinski definition) is 2. The van der Waals surface area contributed by atoms with E-state index in [9.17, 15) is 4.39 Å². The number of nitrogen functional groups attached to an aromatic ring is 1. The molecule has 0 unspecified atom stereocenters. The molecule has 0 aliphatic heterocycles. The predicted octanol–water partition coefficient (Wildman–Crippen LogP) is 1.59. The van der Waals surface area contributed by atoms with Crippen LogP contribution in [-0.2, 0) is 0 Å². The Morgan fingerprint density at radius 2 is 1.92 bits per heavy atom. The van der Waals surface area contributed by atoms with Gasteiger partial charge in [-0.3, -0.25) is 0 Å². The highest BCUT2D eigenvalue weighted by Gasteiger charge is 2.06. The van der Waals surface area contributed by atoms with Gasteiger partial charge in [-0.2, -0.15) is 5.10 Å². The maximum atomic E-state index is 12.8. The van der Waals surface area contributed by atoms with E-state index in [1.54, 1.807) is 0 Å². The number of rotatable bonds is 1. The van der Waals surface area contributed by atoms with Crippen molar-refractivity contribution in [2.45, 2.75) is 0 Å². The molecule has 13 heavy (non-hydrogen) atoms. The van der Waals surface area contributed by atoms with Gasteiger partial charge in [0, 0.05) is 0 Å². The Hall–Kier alpha value is -1.84. The van der Waals surface area contributed by atoms with Crippen LogP contribution in [0.25, 0.3) is 5.69 Å². The zero-order valence-electron chi connectivity index (χ0n) is 6.81. The van der Waals surface area contributed by atoms with Gasteiger partial charge in [-0.1, -0.05) is 18.2 Å². The zero-order valence-corrected chi connectivity index (χ0v) is 6.81. The third-order valence-corrected chi connectivity index (χ3v) is 1.76. The van der Waals surface area contributed by atoms with E-state index in [2.05, 4.69) is 5.10 Å². The Balaban J connectivity index is 2.53. The topological polar surface area (TPSA) is 43.8 Å². The van der Waals surface area contributed by atoms with Gasteiger partial charge in [0.05, 0.1) is 11.9 Å². The van der Waals surface area contributed by atoms with Gasteiger partial charge in [-0.05, 0) is 12.1 Å². The fourth-order valence-electron chi connectivity index (χ4n) is 1.11. The summed E-state index contributed by atoms with van der Waals surface area (Å²) in [5, 5.41) is 3.80. The van der Waals surface area contributed by atoms with Crippen LogP contribution >= 0.6 is 0 Å². The van der Waals surface area contributed by atoms with Gasteiger partial charge in [0.2, 0.25) is 0 Å². The molecule has 1 aromatic heterocycles. The summed E-state index contributed by atoms with van der Waals surface area (Å²) < 4.78 is 14.2. The number of anilines is 1. The summed E-state index contributed by atoms with van der Waals surface area (Å²) in [7, 11) is 0. The smallest absolute Gasteiger partial charge is 0.185 e. The molecule has 2 rings (SSSR count). The van der Waals surface area contributed by atoms with Crippen molar-refractivity contribution in [3.05, 3.63) is 42.3 Å². The molecule has 0 amide bonds. The van der Waals surface area contributed by atoms with Crippen LogP contribution in [0.1, 0.15) is 0 Å². The van der Waals surface area contributed by atoms with Crippen LogP contribution in [0, 0.1) is 5.82 Å². The van der Waals surface area contributed by atoms with Crippen molar-refractivity contribution in [2.24, 2.45) is 0 Å². The molecule has 0 saturated carbocycles. The van der Waals surface area contributed by atoms with E-state index in [1.807, 2.05) is 30.3 Å².